The molecule has 0 bridgehead atoms. The number of hydrogen-bond acceptors (Lipinski definition) is 4. The molecular weight excluding hydrogens is 226 g/mol. The molecule has 0 atom stereocenters. The number of aromatic hydroxyl groups is 1. The molecule has 2 N–H and O–H groups in total. The van der Waals surface area contributed by atoms with Gasteiger partial charge in [-0.3, -0.25) is 0 Å². The van der Waals surface area contributed by atoms with Crippen molar-refractivity contribution in [1.82, 2.24) is 0 Å². The fraction of sp³-hybridized carbons (Fsp3) is 0.0909. The molecule has 5 heteroatoms. The van der Waals surface area contributed by atoms with Crippen LogP contribution in [0.4, 0.5) is 5.69 Å². The molecule has 0 unspecified atom stereocenters. The van der Waals surface area contributed by atoms with Crippen LogP contribution in [0.2, 0.25) is 5.02 Å². The van der Waals surface area contributed by atoms with Gasteiger partial charge in [0.2, 0.25) is 0 Å². The third kappa shape index (κ3) is 2.66. The Balaban J connectivity index is 2.98. The van der Waals surface area contributed by atoms with Gasteiger partial charge in [-0.05, 0) is 24.6 Å². The third-order valence-electron chi connectivity index (χ3n) is 1.88. The van der Waals surface area contributed by atoms with Crippen LogP contribution in [0.25, 0.3) is 0 Å². The van der Waals surface area contributed by atoms with E-state index in [1.165, 1.54) is 12.3 Å². The second kappa shape index (κ2) is 5.06. The van der Waals surface area contributed by atoms with Crippen LogP contribution in [0.5, 0.6) is 5.75 Å². The molecule has 0 aromatic heterocycles. The Morgan fingerprint density at radius 3 is 2.56 bits per heavy atom. The number of nitrogens with one attached hydrogen (secondary N) is 1. The molecule has 0 aliphatic heterocycles. The number of hydrogen-bond donors (Lipinski definition) is 2. The predicted molar refractivity (Wildman–Crippen MR) is 60.8 cm³/mol. The van der Waals surface area contributed by atoms with Crippen molar-refractivity contribution >= 4 is 17.3 Å². The van der Waals surface area contributed by atoms with E-state index in [2.05, 4.69) is 5.32 Å². The van der Waals surface area contributed by atoms with Gasteiger partial charge in [-0.15, -0.1) is 0 Å². The smallest absolute Gasteiger partial charge is 0.145 e. The van der Waals surface area contributed by atoms with E-state index < -0.39 is 0 Å². The number of phenolic OH excluding ortho intramolecular Hbond substituents is 1. The van der Waals surface area contributed by atoms with Gasteiger partial charge < -0.3 is 10.4 Å². The summed E-state index contributed by atoms with van der Waals surface area (Å²) >= 11 is 5.76. The molecule has 0 radical (unpaired) electrons. The minimum atomic E-state index is -0.0400. The number of halogens is 1. The maximum Gasteiger partial charge on any atom is 0.145 e. The third-order valence-corrected chi connectivity index (χ3v) is 2.17. The van der Waals surface area contributed by atoms with Gasteiger partial charge in [0.05, 0.1) is 5.02 Å². The second-order valence-electron chi connectivity index (χ2n) is 3.05. The summed E-state index contributed by atoms with van der Waals surface area (Å²) in [5.41, 5.74) is 1.17. The maximum absolute atomic E-state index is 9.42. The highest BCUT2D eigenvalue weighted by atomic mass is 35.5. The van der Waals surface area contributed by atoms with Crippen molar-refractivity contribution in [2.45, 2.75) is 6.92 Å². The quantitative estimate of drug-likeness (QED) is 0.608. The van der Waals surface area contributed by atoms with Crippen LogP contribution < -0.4 is 5.32 Å². The average Bonchev–Trinajstić information content (AvgIpc) is 2.27. The van der Waals surface area contributed by atoms with E-state index in [1.54, 1.807) is 25.1 Å². The van der Waals surface area contributed by atoms with E-state index in [4.69, 9.17) is 22.1 Å². The summed E-state index contributed by atoms with van der Waals surface area (Å²) in [6.45, 7) is 1.70. The molecule has 80 valence electrons. The zero-order valence-electron chi connectivity index (χ0n) is 8.45. The number of aryl methyl sites for hydroxylation is 1. The molecule has 16 heavy (non-hydrogen) atoms. The highest BCUT2D eigenvalue weighted by Crippen LogP contribution is 2.30. The highest BCUT2D eigenvalue weighted by molar-refractivity contribution is 6.32. The number of phenols is 1. The van der Waals surface area contributed by atoms with Crippen molar-refractivity contribution < 1.29 is 5.11 Å². The Bertz CT molecular complexity index is 484. The van der Waals surface area contributed by atoms with Crippen LogP contribution >= 0.6 is 11.6 Å². The minimum Gasteiger partial charge on any atom is -0.506 e. The Morgan fingerprint density at radius 1 is 1.44 bits per heavy atom. The molecule has 4 nitrogen and oxygen atoms in total. The summed E-state index contributed by atoms with van der Waals surface area (Å²) in [4.78, 5) is 0. The van der Waals surface area contributed by atoms with Crippen LogP contribution in [0.15, 0.2) is 23.9 Å². The fourth-order valence-electron chi connectivity index (χ4n) is 1.06. The molecule has 0 aliphatic rings. The molecule has 1 aromatic carbocycles. The SMILES string of the molecule is Cc1cc(NC=C(C#N)C#N)cc(Cl)c1O. The minimum absolute atomic E-state index is 0.0250. The van der Waals surface area contributed by atoms with E-state index >= 15 is 0 Å². The standard InChI is InChI=1S/C11H8ClN3O/c1-7-2-9(3-10(12)11(7)16)15-6-8(4-13)5-14/h2-3,6,15-16H,1H3. The summed E-state index contributed by atoms with van der Waals surface area (Å²) < 4.78 is 0. The topological polar surface area (TPSA) is 79.8 Å². The summed E-state index contributed by atoms with van der Waals surface area (Å²) in [6.07, 6.45) is 1.28. The van der Waals surface area contributed by atoms with E-state index in [-0.39, 0.29) is 16.3 Å². The van der Waals surface area contributed by atoms with Crippen molar-refractivity contribution in [3.63, 3.8) is 0 Å². The van der Waals surface area contributed by atoms with Gasteiger partial charge in [-0.1, -0.05) is 11.6 Å². The second-order valence-corrected chi connectivity index (χ2v) is 3.46. The summed E-state index contributed by atoms with van der Waals surface area (Å²) in [5, 5.41) is 29.4. The molecule has 1 rings (SSSR count). The lowest BCUT2D eigenvalue weighted by Gasteiger charge is -2.06. The Morgan fingerprint density at radius 2 is 2.06 bits per heavy atom. The van der Waals surface area contributed by atoms with Crippen molar-refractivity contribution in [3.05, 3.63) is 34.5 Å². The fourth-order valence-corrected chi connectivity index (χ4v) is 1.33. The van der Waals surface area contributed by atoms with Gasteiger partial charge in [-0.2, -0.15) is 10.5 Å². The Kier molecular flexibility index (Phi) is 3.77. The number of benzene rings is 1. The molecule has 0 amide bonds. The monoisotopic (exact) mass is 233 g/mol. The molecule has 0 aliphatic carbocycles. The van der Waals surface area contributed by atoms with E-state index in [0.717, 1.165) is 0 Å². The van der Waals surface area contributed by atoms with Crippen molar-refractivity contribution in [1.29, 1.82) is 10.5 Å². The molecule has 0 saturated carbocycles. The first kappa shape index (κ1) is 11.9. The largest absolute Gasteiger partial charge is 0.506 e. The van der Waals surface area contributed by atoms with Crippen molar-refractivity contribution in [2.24, 2.45) is 0 Å². The lowest BCUT2D eigenvalue weighted by molar-refractivity contribution is 0.471. The number of anilines is 1. The number of nitrogens with zero attached hydrogens (tertiary/aromatic N) is 2. The van der Waals surface area contributed by atoms with Crippen molar-refractivity contribution in [2.75, 3.05) is 5.32 Å². The van der Waals surface area contributed by atoms with E-state index in [9.17, 15) is 5.11 Å². The number of rotatable bonds is 2. The highest BCUT2D eigenvalue weighted by Gasteiger charge is 2.04. The Hall–Kier alpha value is -2.17. The first-order chi connectivity index (χ1) is 7.58. The molecule has 0 heterocycles. The first-order valence-electron chi connectivity index (χ1n) is 4.34. The average molecular weight is 234 g/mol. The summed E-state index contributed by atoms with van der Waals surface area (Å²) in [5.74, 6) is 0.0250. The van der Waals surface area contributed by atoms with Gasteiger partial charge >= 0.3 is 0 Å². The van der Waals surface area contributed by atoms with Gasteiger partial charge in [0.25, 0.3) is 0 Å². The molecular formula is C11H8ClN3O. The van der Waals surface area contributed by atoms with Crippen LogP contribution in [0, 0.1) is 29.6 Å². The summed E-state index contributed by atoms with van der Waals surface area (Å²) in [7, 11) is 0. The number of allylic oxidation sites excluding steroid dienone is 1. The van der Waals surface area contributed by atoms with Gasteiger partial charge in [0, 0.05) is 11.9 Å². The lowest BCUT2D eigenvalue weighted by Crippen LogP contribution is -1.91. The van der Waals surface area contributed by atoms with Crippen LogP contribution in [-0.4, -0.2) is 5.11 Å². The molecule has 0 fully saturated rings. The lowest BCUT2D eigenvalue weighted by atomic mass is 10.2. The predicted octanol–water partition coefficient (Wildman–Crippen LogP) is 2.70. The van der Waals surface area contributed by atoms with Gasteiger partial charge in [0.15, 0.2) is 0 Å². The molecule has 0 spiro atoms. The zero-order chi connectivity index (χ0) is 12.1. The number of nitriles is 2. The van der Waals surface area contributed by atoms with Gasteiger partial charge in [-0.25, -0.2) is 0 Å². The van der Waals surface area contributed by atoms with E-state index in [1.807, 2.05) is 0 Å². The van der Waals surface area contributed by atoms with Crippen LogP contribution in [0.3, 0.4) is 0 Å². The Labute approximate surface area is 98.0 Å². The van der Waals surface area contributed by atoms with Crippen molar-refractivity contribution in [3.8, 4) is 17.9 Å². The molecule has 0 saturated heterocycles. The molecule has 1 aromatic rings. The van der Waals surface area contributed by atoms with Crippen LogP contribution in [0.1, 0.15) is 5.56 Å². The first-order valence-corrected chi connectivity index (χ1v) is 4.72. The zero-order valence-corrected chi connectivity index (χ0v) is 9.21. The summed E-state index contributed by atoms with van der Waals surface area (Å²) in [6, 6.07) is 6.60. The van der Waals surface area contributed by atoms with E-state index in [0.29, 0.717) is 11.3 Å². The maximum atomic E-state index is 9.42. The van der Waals surface area contributed by atoms with Gasteiger partial charge in [0.1, 0.15) is 23.5 Å². The normalized spacial score (nSPS) is 8.75. The van der Waals surface area contributed by atoms with Crippen LogP contribution in [-0.2, 0) is 0 Å².